The molecule has 0 atom stereocenters. The number of carbonyl (C=O) groups excluding carboxylic acids is 1. The van der Waals surface area contributed by atoms with E-state index in [0.29, 0.717) is 11.8 Å². The van der Waals surface area contributed by atoms with Crippen molar-refractivity contribution >= 4 is 5.97 Å². The van der Waals surface area contributed by atoms with Crippen LogP contribution in [0.1, 0.15) is 84.1 Å². The number of hydrogen-bond acceptors (Lipinski definition) is 4. The predicted molar refractivity (Wildman–Crippen MR) is 97.4 cm³/mol. The first-order valence-corrected chi connectivity index (χ1v) is 9.52. The number of hydrogen-bond donors (Lipinski definition) is 0. The Morgan fingerprint density at radius 2 is 1.72 bits per heavy atom. The minimum absolute atomic E-state index is 0.298. The zero-order valence-corrected chi connectivity index (χ0v) is 15.9. The van der Waals surface area contributed by atoms with Gasteiger partial charge in [-0.15, -0.1) is 0 Å². The van der Waals surface area contributed by atoms with E-state index in [4.69, 9.17) is 14.8 Å². The number of carbonyl (C=O) groups is 1. The molecule has 0 amide bonds. The van der Waals surface area contributed by atoms with Crippen LogP contribution in [0, 0.1) is 5.41 Å². The van der Waals surface area contributed by atoms with E-state index < -0.39 is 5.60 Å². The van der Waals surface area contributed by atoms with Gasteiger partial charge in [0.15, 0.2) is 0 Å². The summed E-state index contributed by atoms with van der Waals surface area (Å²) in [7, 11) is 0. The Morgan fingerprint density at radius 1 is 1.04 bits per heavy atom. The molecule has 0 aromatic heterocycles. The van der Waals surface area contributed by atoms with Crippen LogP contribution in [0.25, 0.3) is 0 Å². The molecule has 0 unspecified atom stereocenters. The maximum Gasteiger partial charge on any atom is 0.345 e. The quantitative estimate of drug-likeness (QED) is 0.335. The molecule has 4 nitrogen and oxygen atoms in total. The van der Waals surface area contributed by atoms with E-state index in [1.165, 1.54) is 6.42 Å². The summed E-state index contributed by atoms with van der Waals surface area (Å²) in [6.07, 6.45) is 8.38. The lowest BCUT2D eigenvalue weighted by Crippen LogP contribution is -2.32. The monoisotopic (exact) mass is 348 g/mol. The van der Waals surface area contributed by atoms with Gasteiger partial charge in [-0.25, -0.2) is 4.79 Å². The van der Waals surface area contributed by atoms with Gasteiger partial charge in [-0.3, -0.25) is 4.89 Å². The second-order valence-electron chi connectivity index (χ2n) is 8.30. The van der Waals surface area contributed by atoms with Crippen molar-refractivity contribution in [2.75, 3.05) is 0 Å². The normalized spacial score (nSPS) is 17.2. The molecule has 2 rings (SSSR count). The van der Waals surface area contributed by atoms with Crippen LogP contribution in [-0.2, 0) is 25.2 Å². The number of unbranched alkanes of at least 4 members (excludes halogenated alkanes) is 1. The van der Waals surface area contributed by atoms with Gasteiger partial charge < -0.3 is 0 Å². The van der Waals surface area contributed by atoms with Crippen LogP contribution < -0.4 is 0 Å². The lowest BCUT2D eigenvalue weighted by atomic mass is 9.80. The van der Waals surface area contributed by atoms with E-state index in [1.54, 1.807) is 0 Å². The van der Waals surface area contributed by atoms with Crippen molar-refractivity contribution in [3.05, 3.63) is 35.9 Å². The summed E-state index contributed by atoms with van der Waals surface area (Å²) in [4.78, 5) is 22.3. The minimum Gasteiger partial charge on any atom is -0.269 e. The van der Waals surface area contributed by atoms with Crippen LogP contribution in [0.5, 0.6) is 0 Å². The van der Waals surface area contributed by atoms with Gasteiger partial charge >= 0.3 is 5.97 Å². The number of benzene rings is 1. The van der Waals surface area contributed by atoms with Crippen LogP contribution in [0.3, 0.4) is 0 Å². The average molecular weight is 348 g/mol. The molecule has 0 aliphatic heterocycles. The Labute approximate surface area is 151 Å². The van der Waals surface area contributed by atoms with Gasteiger partial charge in [-0.2, -0.15) is 4.89 Å². The van der Waals surface area contributed by atoms with Crippen LogP contribution >= 0.6 is 0 Å². The molecule has 1 aromatic rings. The Balaban J connectivity index is 1.77. The predicted octanol–water partition coefficient (Wildman–Crippen LogP) is 5.86. The molecule has 4 heteroatoms. The highest BCUT2D eigenvalue weighted by atomic mass is 17.5. The maximum absolute atomic E-state index is 11.8. The molecule has 1 fully saturated rings. The fourth-order valence-corrected chi connectivity index (χ4v) is 3.37. The number of rotatable bonds is 8. The highest BCUT2D eigenvalue weighted by Gasteiger charge is 2.37. The third-order valence-corrected chi connectivity index (χ3v) is 4.84. The lowest BCUT2D eigenvalue weighted by Gasteiger charge is -2.34. The van der Waals surface area contributed by atoms with Crippen molar-refractivity contribution in [2.45, 2.75) is 84.2 Å². The second kappa shape index (κ2) is 9.35. The van der Waals surface area contributed by atoms with Crippen molar-refractivity contribution < 1.29 is 19.6 Å². The first-order valence-electron chi connectivity index (χ1n) is 9.52. The molecule has 0 spiro atoms. The van der Waals surface area contributed by atoms with Gasteiger partial charge in [0.2, 0.25) is 0 Å². The van der Waals surface area contributed by atoms with E-state index in [0.717, 1.165) is 50.5 Å². The highest BCUT2D eigenvalue weighted by Crippen LogP contribution is 2.40. The van der Waals surface area contributed by atoms with Crippen molar-refractivity contribution in [1.29, 1.82) is 0 Å². The van der Waals surface area contributed by atoms with E-state index in [-0.39, 0.29) is 5.97 Å². The van der Waals surface area contributed by atoms with Gasteiger partial charge in [0.05, 0.1) is 0 Å². The summed E-state index contributed by atoms with van der Waals surface area (Å²) in [5.74, 6) is -0.368. The SMILES string of the molecule is CC(C)(C)CCCCC(=O)OOOC1(c2ccccc2)CCCCC1. The first-order chi connectivity index (χ1) is 11.9. The van der Waals surface area contributed by atoms with Gasteiger partial charge in [0.25, 0.3) is 0 Å². The molecule has 1 aliphatic rings. The Morgan fingerprint density at radius 3 is 2.36 bits per heavy atom. The second-order valence-corrected chi connectivity index (χ2v) is 8.30. The summed E-state index contributed by atoms with van der Waals surface area (Å²) in [5, 5.41) is 4.94. The molecule has 1 aromatic carbocycles. The van der Waals surface area contributed by atoms with E-state index >= 15 is 0 Å². The first kappa shape index (κ1) is 19.9. The molecule has 0 saturated heterocycles. The largest absolute Gasteiger partial charge is 0.345 e. The maximum atomic E-state index is 11.8. The molecule has 0 N–H and O–H groups in total. The molecule has 0 radical (unpaired) electrons. The fraction of sp³-hybridized carbons (Fsp3) is 0.667. The van der Waals surface area contributed by atoms with Gasteiger partial charge in [-0.05, 0) is 41.7 Å². The molecule has 0 bridgehead atoms. The van der Waals surface area contributed by atoms with Crippen molar-refractivity contribution in [2.24, 2.45) is 5.41 Å². The van der Waals surface area contributed by atoms with Crippen LogP contribution in [0.4, 0.5) is 0 Å². The summed E-state index contributed by atoms with van der Waals surface area (Å²) in [5.41, 5.74) is 0.870. The van der Waals surface area contributed by atoms with E-state index in [1.807, 2.05) is 30.3 Å². The molecule has 1 aliphatic carbocycles. The smallest absolute Gasteiger partial charge is 0.269 e. The van der Waals surface area contributed by atoms with E-state index in [9.17, 15) is 4.79 Å². The zero-order chi connectivity index (χ0) is 18.2. The van der Waals surface area contributed by atoms with Gasteiger partial charge in [0.1, 0.15) is 5.60 Å². The average Bonchev–Trinajstić information content (AvgIpc) is 2.60. The molecule has 1 saturated carbocycles. The van der Waals surface area contributed by atoms with Gasteiger partial charge in [-0.1, -0.05) is 76.8 Å². The molecule has 25 heavy (non-hydrogen) atoms. The van der Waals surface area contributed by atoms with Crippen LogP contribution in [-0.4, -0.2) is 5.97 Å². The standard InChI is InChI=1S/C21H32O4/c1-20(2,3)15-11-8-14-19(22)23-25-24-21(16-9-5-10-17-21)18-12-6-4-7-13-18/h4,6-7,12-13H,5,8-11,14-17H2,1-3H3. The van der Waals surface area contributed by atoms with E-state index in [2.05, 4.69) is 20.8 Å². The lowest BCUT2D eigenvalue weighted by molar-refractivity contribution is -0.527. The molecule has 0 heterocycles. The fourth-order valence-electron chi connectivity index (χ4n) is 3.37. The minimum atomic E-state index is -0.508. The Bertz CT molecular complexity index is 512. The molecular formula is C21H32O4. The van der Waals surface area contributed by atoms with Crippen molar-refractivity contribution in [1.82, 2.24) is 0 Å². The highest BCUT2D eigenvalue weighted by molar-refractivity contribution is 5.68. The zero-order valence-electron chi connectivity index (χ0n) is 15.9. The van der Waals surface area contributed by atoms with Crippen molar-refractivity contribution in [3.8, 4) is 0 Å². The molecule has 140 valence electrons. The summed E-state index contributed by atoms with van der Waals surface area (Å²) in [6, 6.07) is 10.1. The third-order valence-electron chi connectivity index (χ3n) is 4.84. The summed E-state index contributed by atoms with van der Waals surface area (Å²) in [6.45, 7) is 6.61. The Hall–Kier alpha value is -1.39. The topological polar surface area (TPSA) is 44.8 Å². The van der Waals surface area contributed by atoms with Crippen molar-refractivity contribution in [3.63, 3.8) is 0 Å². The van der Waals surface area contributed by atoms with Gasteiger partial charge in [0, 0.05) is 6.42 Å². The Kier molecular flexibility index (Phi) is 7.45. The molecular weight excluding hydrogens is 316 g/mol. The summed E-state index contributed by atoms with van der Waals surface area (Å²) < 4.78 is 0. The van der Waals surface area contributed by atoms with Crippen LogP contribution in [0.15, 0.2) is 30.3 Å². The third kappa shape index (κ3) is 6.79. The van der Waals surface area contributed by atoms with Crippen LogP contribution in [0.2, 0.25) is 0 Å². The summed E-state index contributed by atoms with van der Waals surface area (Å²) >= 11 is 0.